The number of nitrogens with zero attached hydrogens (tertiary/aromatic N) is 1. The number of aryl methyl sites for hydroxylation is 1. The highest BCUT2D eigenvalue weighted by Crippen LogP contribution is 2.26. The molecule has 4 nitrogen and oxygen atoms in total. The smallest absolute Gasteiger partial charge is 0.244 e. The summed E-state index contributed by atoms with van der Waals surface area (Å²) in [4.78, 5) is 25.6. The first-order chi connectivity index (χ1) is 11.3. The molecule has 0 aliphatic heterocycles. The number of benzene rings is 2. The van der Waals surface area contributed by atoms with Crippen molar-refractivity contribution in [2.45, 2.75) is 20.8 Å². The van der Waals surface area contributed by atoms with Gasteiger partial charge in [-0.25, -0.2) is 0 Å². The van der Waals surface area contributed by atoms with E-state index in [1.807, 2.05) is 32.0 Å². The summed E-state index contributed by atoms with van der Waals surface area (Å²) in [5.41, 5.74) is 3.28. The van der Waals surface area contributed by atoms with Crippen LogP contribution in [0.4, 0.5) is 11.4 Å². The maximum absolute atomic E-state index is 12.4. The lowest BCUT2D eigenvalue weighted by molar-refractivity contribution is -0.120. The first kappa shape index (κ1) is 18.3. The Balaban J connectivity index is 2.20. The summed E-state index contributed by atoms with van der Waals surface area (Å²) in [6.45, 7) is 5.17. The molecule has 2 rings (SSSR count). The summed E-state index contributed by atoms with van der Waals surface area (Å²) >= 11 is 12.0. The van der Waals surface area contributed by atoms with Gasteiger partial charge in [0, 0.05) is 28.3 Å². The number of carbonyl (C=O) groups is 2. The van der Waals surface area contributed by atoms with Crippen LogP contribution in [0.1, 0.15) is 18.1 Å². The van der Waals surface area contributed by atoms with E-state index in [-0.39, 0.29) is 18.4 Å². The number of hydrogen-bond acceptors (Lipinski definition) is 2. The molecule has 126 valence electrons. The summed E-state index contributed by atoms with van der Waals surface area (Å²) in [5, 5.41) is 3.64. The summed E-state index contributed by atoms with van der Waals surface area (Å²) in [6, 6.07) is 10.4. The van der Waals surface area contributed by atoms with Crippen LogP contribution in [0, 0.1) is 13.8 Å². The van der Waals surface area contributed by atoms with Crippen LogP contribution >= 0.6 is 23.2 Å². The Morgan fingerprint density at radius 2 is 1.71 bits per heavy atom. The minimum atomic E-state index is -0.296. The topological polar surface area (TPSA) is 49.4 Å². The number of halogens is 2. The van der Waals surface area contributed by atoms with Gasteiger partial charge in [-0.15, -0.1) is 0 Å². The summed E-state index contributed by atoms with van der Waals surface area (Å²) < 4.78 is 0. The first-order valence-corrected chi connectivity index (χ1v) is 8.14. The summed E-state index contributed by atoms with van der Waals surface area (Å²) in [7, 11) is 0. The van der Waals surface area contributed by atoms with Crippen molar-refractivity contribution < 1.29 is 9.59 Å². The van der Waals surface area contributed by atoms with Gasteiger partial charge in [0.15, 0.2) is 0 Å². The van der Waals surface area contributed by atoms with Crippen LogP contribution in [0.2, 0.25) is 10.0 Å². The number of hydrogen-bond donors (Lipinski definition) is 1. The van der Waals surface area contributed by atoms with E-state index in [2.05, 4.69) is 5.32 Å². The fraction of sp³-hybridized carbons (Fsp3) is 0.222. The molecule has 6 heteroatoms. The second kappa shape index (κ2) is 7.69. The van der Waals surface area contributed by atoms with Gasteiger partial charge in [-0.1, -0.05) is 35.3 Å². The van der Waals surface area contributed by atoms with E-state index >= 15 is 0 Å². The summed E-state index contributed by atoms with van der Waals surface area (Å²) in [6.07, 6.45) is 0. The van der Waals surface area contributed by atoms with Gasteiger partial charge in [-0.05, 0) is 49.2 Å². The van der Waals surface area contributed by atoms with Gasteiger partial charge in [0.05, 0.1) is 0 Å². The zero-order valence-corrected chi connectivity index (χ0v) is 15.2. The van der Waals surface area contributed by atoms with E-state index in [0.29, 0.717) is 15.7 Å². The molecular weight excluding hydrogens is 347 g/mol. The van der Waals surface area contributed by atoms with Crippen LogP contribution in [-0.4, -0.2) is 18.4 Å². The van der Waals surface area contributed by atoms with Crippen LogP contribution in [0.15, 0.2) is 36.4 Å². The third kappa shape index (κ3) is 4.49. The number of carbonyl (C=O) groups excluding carboxylic acids is 2. The SMILES string of the molecule is CC(=O)N(CC(=O)Nc1cccc(C)c1C)c1cc(Cl)cc(Cl)c1. The van der Waals surface area contributed by atoms with Crippen molar-refractivity contribution in [3.05, 3.63) is 57.6 Å². The van der Waals surface area contributed by atoms with Crippen molar-refractivity contribution in [2.75, 3.05) is 16.8 Å². The molecule has 0 saturated heterocycles. The third-order valence-corrected chi connectivity index (χ3v) is 4.16. The highest BCUT2D eigenvalue weighted by atomic mass is 35.5. The maximum Gasteiger partial charge on any atom is 0.244 e. The quantitative estimate of drug-likeness (QED) is 0.861. The van der Waals surface area contributed by atoms with Crippen LogP contribution in [0.5, 0.6) is 0 Å². The Labute approximate surface area is 151 Å². The molecule has 2 amide bonds. The van der Waals surface area contributed by atoms with Gasteiger partial charge in [-0.3, -0.25) is 9.59 Å². The minimum Gasteiger partial charge on any atom is -0.324 e. The average molecular weight is 365 g/mol. The molecular formula is C18H18Cl2N2O2. The molecule has 24 heavy (non-hydrogen) atoms. The third-order valence-electron chi connectivity index (χ3n) is 3.72. The van der Waals surface area contributed by atoms with Gasteiger partial charge in [-0.2, -0.15) is 0 Å². The number of amides is 2. The normalized spacial score (nSPS) is 10.4. The van der Waals surface area contributed by atoms with Gasteiger partial charge < -0.3 is 10.2 Å². The zero-order chi connectivity index (χ0) is 17.9. The lowest BCUT2D eigenvalue weighted by Gasteiger charge is -2.21. The van der Waals surface area contributed by atoms with Crippen LogP contribution < -0.4 is 10.2 Å². The summed E-state index contributed by atoms with van der Waals surface area (Å²) in [5.74, 6) is -0.570. The Morgan fingerprint density at radius 1 is 1.08 bits per heavy atom. The number of anilines is 2. The molecule has 0 aliphatic carbocycles. The van der Waals surface area contributed by atoms with Crippen molar-refractivity contribution >= 4 is 46.4 Å². The van der Waals surface area contributed by atoms with Gasteiger partial charge in [0.2, 0.25) is 11.8 Å². The predicted octanol–water partition coefficient (Wildman–Crippen LogP) is 4.60. The molecule has 0 bridgehead atoms. The molecule has 0 unspecified atom stereocenters. The van der Waals surface area contributed by atoms with E-state index in [9.17, 15) is 9.59 Å². The molecule has 2 aromatic carbocycles. The molecule has 2 aromatic rings. The van der Waals surface area contributed by atoms with Crippen molar-refractivity contribution in [3.63, 3.8) is 0 Å². The van der Waals surface area contributed by atoms with E-state index in [4.69, 9.17) is 23.2 Å². The van der Waals surface area contributed by atoms with Crippen LogP contribution in [0.3, 0.4) is 0 Å². The Kier molecular flexibility index (Phi) is 5.86. The van der Waals surface area contributed by atoms with E-state index in [1.54, 1.807) is 18.2 Å². The lowest BCUT2D eigenvalue weighted by Crippen LogP contribution is -2.36. The molecule has 0 radical (unpaired) electrons. The van der Waals surface area contributed by atoms with E-state index in [1.165, 1.54) is 11.8 Å². The molecule has 0 spiro atoms. The Morgan fingerprint density at radius 3 is 2.29 bits per heavy atom. The standard InChI is InChI=1S/C18H18Cl2N2O2/c1-11-5-4-6-17(12(11)2)21-18(24)10-22(13(3)23)16-8-14(19)7-15(20)9-16/h4-9H,10H2,1-3H3,(H,21,24). The second-order valence-corrected chi connectivity index (χ2v) is 6.40. The van der Waals surface area contributed by atoms with Gasteiger partial charge in [0.25, 0.3) is 0 Å². The molecule has 0 atom stereocenters. The van der Waals surface area contributed by atoms with Crippen molar-refractivity contribution in [3.8, 4) is 0 Å². The largest absolute Gasteiger partial charge is 0.324 e. The molecule has 0 aliphatic rings. The van der Waals surface area contributed by atoms with Crippen molar-refractivity contribution in [1.29, 1.82) is 0 Å². The molecule has 1 N–H and O–H groups in total. The van der Waals surface area contributed by atoms with Crippen molar-refractivity contribution in [1.82, 2.24) is 0 Å². The monoisotopic (exact) mass is 364 g/mol. The average Bonchev–Trinajstić information content (AvgIpc) is 2.48. The van der Waals surface area contributed by atoms with Crippen LogP contribution in [0.25, 0.3) is 0 Å². The number of nitrogens with one attached hydrogen (secondary N) is 1. The Hall–Kier alpha value is -2.04. The highest BCUT2D eigenvalue weighted by molar-refractivity contribution is 6.35. The van der Waals surface area contributed by atoms with E-state index in [0.717, 1.165) is 16.8 Å². The fourth-order valence-electron chi connectivity index (χ4n) is 2.30. The van der Waals surface area contributed by atoms with E-state index < -0.39 is 0 Å². The van der Waals surface area contributed by atoms with Gasteiger partial charge >= 0.3 is 0 Å². The van der Waals surface area contributed by atoms with Crippen LogP contribution in [-0.2, 0) is 9.59 Å². The maximum atomic E-state index is 12.4. The second-order valence-electron chi connectivity index (χ2n) is 5.53. The first-order valence-electron chi connectivity index (χ1n) is 7.38. The minimum absolute atomic E-state index is 0.126. The molecule has 0 fully saturated rings. The number of rotatable bonds is 4. The highest BCUT2D eigenvalue weighted by Gasteiger charge is 2.17. The fourth-order valence-corrected chi connectivity index (χ4v) is 2.81. The Bertz CT molecular complexity index is 770. The zero-order valence-electron chi connectivity index (χ0n) is 13.7. The predicted molar refractivity (Wildman–Crippen MR) is 99.0 cm³/mol. The van der Waals surface area contributed by atoms with Crippen molar-refractivity contribution in [2.24, 2.45) is 0 Å². The molecule has 0 heterocycles. The lowest BCUT2D eigenvalue weighted by atomic mass is 10.1. The molecule has 0 aromatic heterocycles. The molecule has 0 saturated carbocycles. The van der Waals surface area contributed by atoms with Gasteiger partial charge in [0.1, 0.15) is 6.54 Å².